The van der Waals surface area contributed by atoms with E-state index in [1.54, 1.807) is 0 Å². The molecule has 5 nitrogen and oxygen atoms in total. The fourth-order valence-corrected chi connectivity index (χ4v) is 2.46. The minimum Gasteiger partial charge on any atom is -0.311 e. The zero-order valence-corrected chi connectivity index (χ0v) is 9.11. The third kappa shape index (κ3) is 1.55. The van der Waals surface area contributed by atoms with Gasteiger partial charge in [0.05, 0.1) is 12.6 Å². The summed E-state index contributed by atoms with van der Waals surface area (Å²) in [6, 6.07) is 0.439. The molecule has 1 fully saturated rings. The van der Waals surface area contributed by atoms with Gasteiger partial charge < -0.3 is 9.88 Å². The smallest absolute Gasteiger partial charge is 0.150 e. The van der Waals surface area contributed by atoms with Crippen molar-refractivity contribution in [1.29, 1.82) is 0 Å². The van der Waals surface area contributed by atoms with Crippen molar-refractivity contribution < 1.29 is 0 Å². The molecule has 1 saturated heterocycles. The van der Waals surface area contributed by atoms with Crippen LogP contribution in [-0.4, -0.2) is 39.8 Å². The van der Waals surface area contributed by atoms with E-state index < -0.39 is 0 Å². The van der Waals surface area contributed by atoms with Crippen LogP contribution in [0.25, 0.3) is 0 Å². The molecule has 2 aliphatic heterocycles. The van der Waals surface area contributed by atoms with Gasteiger partial charge in [-0.15, -0.1) is 10.2 Å². The number of aromatic nitrogens is 3. The van der Waals surface area contributed by atoms with Crippen molar-refractivity contribution in [3.05, 3.63) is 11.6 Å². The van der Waals surface area contributed by atoms with Crippen LogP contribution in [0.5, 0.6) is 0 Å². The average Bonchev–Trinajstić information content (AvgIpc) is 2.82. The van der Waals surface area contributed by atoms with E-state index >= 15 is 0 Å². The lowest BCUT2D eigenvalue weighted by Crippen LogP contribution is -2.32. The first-order chi connectivity index (χ1) is 7.34. The summed E-state index contributed by atoms with van der Waals surface area (Å²) in [6.07, 6.45) is 2.46. The Morgan fingerprint density at radius 2 is 2.27 bits per heavy atom. The van der Waals surface area contributed by atoms with Gasteiger partial charge >= 0.3 is 0 Å². The van der Waals surface area contributed by atoms with Crippen molar-refractivity contribution in [1.82, 2.24) is 25.0 Å². The molecule has 1 N–H and O–H groups in total. The standard InChI is InChI=1S/C10H17N5/c1-14-5-6-15-9(7-14)12-13-10(15)8-3-2-4-11-8/h8,11H,2-7H2,1H3. The Bertz CT molecular complexity index is 353. The second-order valence-electron chi connectivity index (χ2n) is 4.51. The SMILES string of the molecule is CN1CCn2c(nnc2C2CCCN2)C1. The van der Waals surface area contributed by atoms with Crippen LogP contribution in [-0.2, 0) is 13.1 Å². The van der Waals surface area contributed by atoms with E-state index in [9.17, 15) is 0 Å². The molecular weight excluding hydrogens is 190 g/mol. The van der Waals surface area contributed by atoms with E-state index in [-0.39, 0.29) is 0 Å². The van der Waals surface area contributed by atoms with Crippen LogP contribution in [0, 0.1) is 0 Å². The molecule has 0 aliphatic carbocycles. The lowest BCUT2D eigenvalue weighted by Gasteiger charge is -2.24. The number of rotatable bonds is 1. The fraction of sp³-hybridized carbons (Fsp3) is 0.800. The minimum atomic E-state index is 0.439. The lowest BCUT2D eigenvalue weighted by atomic mass is 10.2. The van der Waals surface area contributed by atoms with Gasteiger partial charge in [0.2, 0.25) is 0 Å². The molecule has 2 aliphatic rings. The normalized spacial score (nSPS) is 26.9. The van der Waals surface area contributed by atoms with Crippen LogP contribution in [0.3, 0.4) is 0 Å². The van der Waals surface area contributed by atoms with Crippen LogP contribution in [0.2, 0.25) is 0 Å². The van der Waals surface area contributed by atoms with Crippen molar-refractivity contribution >= 4 is 0 Å². The highest BCUT2D eigenvalue weighted by molar-refractivity contribution is 5.04. The van der Waals surface area contributed by atoms with E-state index in [1.165, 1.54) is 12.8 Å². The van der Waals surface area contributed by atoms with Crippen molar-refractivity contribution in [2.45, 2.75) is 32.0 Å². The summed E-state index contributed by atoms with van der Waals surface area (Å²) in [5, 5.41) is 12.1. The van der Waals surface area contributed by atoms with Crippen molar-refractivity contribution in [2.24, 2.45) is 0 Å². The molecular formula is C10H17N5. The Hall–Kier alpha value is -0.940. The van der Waals surface area contributed by atoms with Gasteiger partial charge in [0.1, 0.15) is 11.6 Å². The number of nitrogens with one attached hydrogen (secondary N) is 1. The molecule has 3 rings (SSSR count). The first-order valence-electron chi connectivity index (χ1n) is 5.68. The summed E-state index contributed by atoms with van der Waals surface area (Å²) < 4.78 is 2.29. The molecule has 0 bridgehead atoms. The molecule has 0 saturated carbocycles. The second kappa shape index (κ2) is 3.57. The van der Waals surface area contributed by atoms with Crippen LogP contribution >= 0.6 is 0 Å². The quantitative estimate of drug-likeness (QED) is 0.712. The fourth-order valence-electron chi connectivity index (χ4n) is 2.46. The molecule has 5 heteroatoms. The maximum Gasteiger partial charge on any atom is 0.150 e. The number of hydrogen-bond donors (Lipinski definition) is 1. The van der Waals surface area contributed by atoms with E-state index in [0.29, 0.717) is 6.04 Å². The van der Waals surface area contributed by atoms with Crippen LogP contribution in [0.1, 0.15) is 30.5 Å². The monoisotopic (exact) mass is 207 g/mol. The zero-order valence-electron chi connectivity index (χ0n) is 9.11. The first kappa shape index (κ1) is 9.30. The number of nitrogens with zero attached hydrogens (tertiary/aromatic N) is 4. The summed E-state index contributed by atoms with van der Waals surface area (Å²) >= 11 is 0. The van der Waals surface area contributed by atoms with Crippen LogP contribution in [0.4, 0.5) is 0 Å². The maximum atomic E-state index is 4.34. The Labute approximate surface area is 89.5 Å². The van der Waals surface area contributed by atoms with Gasteiger partial charge in [-0.3, -0.25) is 4.90 Å². The molecule has 82 valence electrons. The molecule has 1 aromatic heterocycles. The molecule has 0 aromatic carbocycles. The molecule has 15 heavy (non-hydrogen) atoms. The van der Waals surface area contributed by atoms with E-state index in [0.717, 1.165) is 37.8 Å². The third-order valence-electron chi connectivity index (χ3n) is 3.34. The molecule has 0 amide bonds. The molecule has 0 radical (unpaired) electrons. The lowest BCUT2D eigenvalue weighted by molar-refractivity contribution is 0.260. The maximum absolute atomic E-state index is 4.34. The summed E-state index contributed by atoms with van der Waals surface area (Å²) in [6.45, 7) is 4.18. The summed E-state index contributed by atoms with van der Waals surface area (Å²) in [5.41, 5.74) is 0. The van der Waals surface area contributed by atoms with Crippen LogP contribution < -0.4 is 5.32 Å². The van der Waals surface area contributed by atoms with Crippen molar-refractivity contribution in [3.8, 4) is 0 Å². The zero-order chi connectivity index (χ0) is 10.3. The number of likely N-dealkylation sites (N-methyl/N-ethyl adjacent to an activating group) is 1. The van der Waals surface area contributed by atoms with Gasteiger partial charge in [0.25, 0.3) is 0 Å². The molecule has 0 spiro atoms. The Balaban J connectivity index is 1.90. The number of hydrogen-bond acceptors (Lipinski definition) is 4. The Kier molecular flexibility index (Phi) is 2.21. The summed E-state index contributed by atoms with van der Waals surface area (Å²) in [4.78, 5) is 2.29. The highest BCUT2D eigenvalue weighted by Gasteiger charge is 2.25. The first-order valence-corrected chi connectivity index (χ1v) is 5.68. The second-order valence-corrected chi connectivity index (χ2v) is 4.51. The van der Waals surface area contributed by atoms with E-state index in [2.05, 4.69) is 32.0 Å². The topological polar surface area (TPSA) is 46.0 Å². The van der Waals surface area contributed by atoms with Gasteiger partial charge in [0, 0.05) is 13.1 Å². The third-order valence-corrected chi connectivity index (χ3v) is 3.34. The largest absolute Gasteiger partial charge is 0.311 e. The average molecular weight is 207 g/mol. The predicted molar refractivity (Wildman–Crippen MR) is 56.3 cm³/mol. The Morgan fingerprint density at radius 3 is 3.07 bits per heavy atom. The van der Waals surface area contributed by atoms with Gasteiger partial charge in [-0.05, 0) is 26.4 Å². The van der Waals surface area contributed by atoms with Gasteiger partial charge in [-0.25, -0.2) is 0 Å². The van der Waals surface area contributed by atoms with Crippen molar-refractivity contribution in [3.63, 3.8) is 0 Å². The van der Waals surface area contributed by atoms with Crippen molar-refractivity contribution in [2.75, 3.05) is 20.1 Å². The highest BCUT2D eigenvalue weighted by Crippen LogP contribution is 2.23. The van der Waals surface area contributed by atoms with Gasteiger partial charge in [-0.1, -0.05) is 0 Å². The number of fused-ring (bicyclic) bond motifs is 1. The van der Waals surface area contributed by atoms with Gasteiger partial charge in [-0.2, -0.15) is 0 Å². The predicted octanol–water partition coefficient (Wildman–Crippen LogP) is 0.148. The molecule has 1 aromatic rings. The molecule has 3 heterocycles. The molecule has 1 atom stereocenters. The Morgan fingerprint density at radius 1 is 1.33 bits per heavy atom. The highest BCUT2D eigenvalue weighted by atomic mass is 15.3. The molecule has 1 unspecified atom stereocenters. The summed E-state index contributed by atoms with van der Waals surface area (Å²) in [7, 11) is 2.13. The van der Waals surface area contributed by atoms with E-state index in [4.69, 9.17) is 0 Å². The van der Waals surface area contributed by atoms with E-state index in [1.807, 2.05) is 0 Å². The summed E-state index contributed by atoms with van der Waals surface area (Å²) in [5.74, 6) is 2.27. The minimum absolute atomic E-state index is 0.439. The van der Waals surface area contributed by atoms with Crippen LogP contribution in [0.15, 0.2) is 0 Å². The van der Waals surface area contributed by atoms with Gasteiger partial charge in [0.15, 0.2) is 0 Å².